The number of aliphatic hydroxyl groups excluding tert-OH is 1. The lowest BCUT2D eigenvalue weighted by Gasteiger charge is -2.11. The molecule has 18 heavy (non-hydrogen) atoms. The molecule has 1 aromatic rings. The highest BCUT2D eigenvalue weighted by molar-refractivity contribution is 6.31. The molecule has 1 amide bonds. The van der Waals surface area contributed by atoms with Crippen LogP contribution in [0.5, 0.6) is 0 Å². The molecule has 0 saturated heterocycles. The second-order valence-electron chi connectivity index (χ2n) is 4.67. The first-order valence-corrected chi connectivity index (χ1v) is 6.35. The minimum atomic E-state index is -0.535. The van der Waals surface area contributed by atoms with E-state index < -0.39 is 5.82 Å². The van der Waals surface area contributed by atoms with Crippen LogP contribution in [0.25, 0.3) is 0 Å². The Morgan fingerprint density at radius 3 is 2.89 bits per heavy atom. The smallest absolute Gasteiger partial charge is 0.251 e. The average molecular weight is 272 g/mol. The van der Waals surface area contributed by atoms with E-state index in [2.05, 4.69) is 5.32 Å². The summed E-state index contributed by atoms with van der Waals surface area (Å²) in [6.07, 6.45) is 2.20. The molecule has 0 heterocycles. The Morgan fingerprint density at radius 1 is 1.50 bits per heavy atom. The predicted molar refractivity (Wildman–Crippen MR) is 67.1 cm³/mol. The van der Waals surface area contributed by atoms with Gasteiger partial charge < -0.3 is 10.4 Å². The van der Waals surface area contributed by atoms with Crippen molar-refractivity contribution in [2.75, 3.05) is 6.54 Å². The number of hydrogen-bond donors (Lipinski definition) is 2. The van der Waals surface area contributed by atoms with E-state index >= 15 is 0 Å². The van der Waals surface area contributed by atoms with Crippen molar-refractivity contribution in [1.82, 2.24) is 5.32 Å². The van der Waals surface area contributed by atoms with Gasteiger partial charge in [0.15, 0.2) is 0 Å². The van der Waals surface area contributed by atoms with Gasteiger partial charge >= 0.3 is 0 Å². The largest absolute Gasteiger partial charge is 0.393 e. The van der Waals surface area contributed by atoms with Crippen LogP contribution in [0.2, 0.25) is 5.02 Å². The van der Waals surface area contributed by atoms with Gasteiger partial charge in [-0.1, -0.05) is 11.6 Å². The van der Waals surface area contributed by atoms with Crippen molar-refractivity contribution in [3.63, 3.8) is 0 Å². The Bertz CT molecular complexity index is 453. The van der Waals surface area contributed by atoms with Gasteiger partial charge in [0.05, 0.1) is 11.1 Å². The van der Waals surface area contributed by atoms with Crippen LogP contribution in [-0.4, -0.2) is 23.7 Å². The van der Waals surface area contributed by atoms with Gasteiger partial charge in [-0.05, 0) is 43.4 Å². The molecular weight excluding hydrogens is 257 g/mol. The molecule has 3 nitrogen and oxygen atoms in total. The van der Waals surface area contributed by atoms with E-state index in [9.17, 15) is 14.3 Å². The van der Waals surface area contributed by atoms with E-state index in [1.807, 2.05) is 0 Å². The third-order valence-corrected chi connectivity index (χ3v) is 3.54. The second-order valence-corrected chi connectivity index (χ2v) is 5.08. The van der Waals surface area contributed by atoms with E-state index in [0.717, 1.165) is 19.3 Å². The lowest BCUT2D eigenvalue weighted by Crippen LogP contribution is -2.28. The number of rotatable bonds is 3. The normalized spacial score (nSPS) is 23.1. The van der Waals surface area contributed by atoms with Crippen molar-refractivity contribution in [3.05, 3.63) is 34.6 Å². The highest BCUT2D eigenvalue weighted by Gasteiger charge is 2.23. The van der Waals surface area contributed by atoms with Gasteiger partial charge in [0.2, 0.25) is 0 Å². The van der Waals surface area contributed by atoms with Gasteiger partial charge in [-0.2, -0.15) is 0 Å². The zero-order valence-corrected chi connectivity index (χ0v) is 10.6. The number of nitrogens with one attached hydrogen (secondary N) is 1. The zero-order chi connectivity index (χ0) is 13.1. The van der Waals surface area contributed by atoms with Crippen LogP contribution in [0, 0.1) is 11.7 Å². The molecule has 1 aromatic carbocycles. The molecule has 0 bridgehead atoms. The fraction of sp³-hybridized carbons (Fsp3) is 0.462. The first-order valence-electron chi connectivity index (χ1n) is 5.97. The summed E-state index contributed by atoms with van der Waals surface area (Å²) < 4.78 is 12.9. The Balaban J connectivity index is 1.89. The van der Waals surface area contributed by atoms with Gasteiger partial charge in [0.1, 0.15) is 5.82 Å². The average Bonchev–Trinajstić information content (AvgIpc) is 2.75. The first kappa shape index (κ1) is 13.3. The maximum absolute atomic E-state index is 12.9. The molecule has 1 fully saturated rings. The molecule has 2 rings (SSSR count). The van der Waals surface area contributed by atoms with Crippen LogP contribution in [0.15, 0.2) is 18.2 Å². The molecule has 0 aromatic heterocycles. The Labute approximate surface area is 110 Å². The lowest BCUT2D eigenvalue weighted by molar-refractivity contribution is 0.0945. The number of carbonyl (C=O) groups excluding carboxylic acids is 1. The van der Waals surface area contributed by atoms with Gasteiger partial charge in [-0.15, -0.1) is 0 Å². The monoisotopic (exact) mass is 271 g/mol. The summed E-state index contributed by atoms with van der Waals surface area (Å²) in [6.45, 7) is 0.533. The van der Waals surface area contributed by atoms with Crippen LogP contribution < -0.4 is 5.32 Å². The number of carbonyl (C=O) groups is 1. The Kier molecular flexibility index (Phi) is 4.19. The third-order valence-electron chi connectivity index (χ3n) is 3.25. The van der Waals surface area contributed by atoms with Gasteiger partial charge in [0.25, 0.3) is 5.91 Å². The zero-order valence-electron chi connectivity index (χ0n) is 9.83. The molecule has 0 spiro atoms. The summed E-state index contributed by atoms with van der Waals surface area (Å²) in [5.41, 5.74) is 0.347. The molecule has 1 aliphatic rings. The molecule has 0 aliphatic heterocycles. The summed E-state index contributed by atoms with van der Waals surface area (Å²) in [5.74, 6) is -0.481. The summed E-state index contributed by atoms with van der Waals surface area (Å²) in [6, 6.07) is 3.90. The summed E-state index contributed by atoms with van der Waals surface area (Å²) in [4.78, 5) is 11.8. The van der Waals surface area contributed by atoms with Crippen LogP contribution in [-0.2, 0) is 0 Å². The van der Waals surface area contributed by atoms with Crippen molar-refractivity contribution in [3.8, 4) is 0 Å². The van der Waals surface area contributed by atoms with Crippen molar-refractivity contribution in [2.45, 2.75) is 25.4 Å². The molecule has 0 radical (unpaired) electrons. The fourth-order valence-corrected chi connectivity index (χ4v) is 2.39. The minimum Gasteiger partial charge on any atom is -0.393 e. The van der Waals surface area contributed by atoms with E-state index in [-0.39, 0.29) is 17.0 Å². The summed E-state index contributed by atoms with van der Waals surface area (Å²) >= 11 is 5.62. The number of aliphatic hydroxyl groups is 1. The molecule has 2 unspecified atom stereocenters. The molecule has 1 aliphatic carbocycles. The van der Waals surface area contributed by atoms with Crippen molar-refractivity contribution in [2.24, 2.45) is 5.92 Å². The van der Waals surface area contributed by atoms with E-state index in [0.29, 0.717) is 18.0 Å². The second kappa shape index (κ2) is 5.67. The summed E-state index contributed by atoms with van der Waals surface area (Å²) in [7, 11) is 0. The maximum atomic E-state index is 12.9. The van der Waals surface area contributed by atoms with E-state index in [4.69, 9.17) is 11.6 Å². The highest BCUT2D eigenvalue weighted by Crippen LogP contribution is 2.24. The van der Waals surface area contributed by atoms with Crippen LogP contribution in [0.1, 0.15) is 29.6 Å². The topological polar surface area (TPSA) is 49.3 Å². The van der Waals surface area contributed by atoms with E-state index in [1.165, 1.54) is 18.2 Å². The van der Waals surface area contributed by atoms with Crippen molar-refractivity contribution >= 4 is 17.5 Å². The fourth-order valence-electron chi connectivity index (χ4n) is 2.21. The van der Waals surface area contributed by atoms with E-state index in [1.54, 1.807) is 0 Å². The lowest BCUT2D eigenvalue weighted by atomic mass is 10.1. The number of hydrogen-bond acceptors (Lipinski definition) is 2. The maximum Gasteiger partial charge on any atom is 0.251 e. The minimum absolute atomic E-state index is 0.0565. The van der Waals surface area contributed by atoms with Crippen LogP contribution in [0.4, 0.5) is 4.39 Å². The van der Waals surface area contributed by atoms with Crippen LogP contribution >= 0.6 is 11.6 Å². The first-order chi connectivity index (χ1) is 8.56. The molecule has 1 saturated carbocycles. The van der Waals surface area contributed by atoms with Crippen LogP contribution in [0.3, 0.4) is 0 Å². The number of amides is 1. The van der Waals surface area contributed by atoms with Crippen molar-refractivity contribution < 1.29 is 14.3 Å². The third kappa shape index (κ3) is 3.21. The molecule has 2 N–H and O–H groups in total. The summed E-state index contributed by atoms with van der Waals surface area (Å²) in [5, 5.41) is 12.1. The number of benzene rings is 1. The molecule has 5 heteroatoms. The highest BCUT2D eigenvalue weighted by atomic mass is 35.5. The standard InChI is InChI=1S/C13H15ClFNO2/c14-11-6-9(2-4-12(11)15)13(18)16-7-8-1-3-10(17)5-8/h2,4,6,8,10,17H,1,3,5,7H2,(H,16,18). The van der Waals surface area contributed by atoms with Gasteiger partial charge in [-0.25, -0.2) is 4.39 Å². The van der Waals surface area contributed by atoms with Crippen molar-refractivity contribution in [1.29, 1.82) is 0 Å². The SMILES string of the molecule is O=C(NCC1CCC(O)C1)c1ccc(F)c(Cl)c1. The molecular formula is C13H15ClFNO2. The molecule has 98 valence electrons. The predicted octanol–water partition coefficient (Wildman–Crippen LogP) is 2.37. The Hall–Kier alpha value is -1.13. The van der Waals surface area contributed by atoms with Gasteiger partial charge in [-0.3, -0.25) is 4.79 Å². The number of halogens is 2. The quantitative estimate of drug-likeness (QED) is 0.887. The van der Waals surface area contributed by atoms with Gasteiger partial charge in [0, 0.05) is 12.1 Å². The molecule has 2 atom stereocenters. The Morgan fingerprint density at radius 2 is 2.28 bits per heavy atom.